The number of para-hydroxylation sites is 1. The Balaban J connectivity index is 1.65. The fourth-order valence-corrected chi connectivity index (χ4v) is 3.84. The Hall–Kier alpha value is -2.19. The molecule has 3 aromatic rings. The zero-order valence-corrected chi connectivity index (χ0v) is 13.3. The summed E-state index contributed by atoms with van der Waals surface area (Å²) in [6.45, 7) is 1.11. The van der Waals surface area contributed by atoms with Gasteiger partial charge in [0, 0.05) is 17.6 Å². The van der Waals surface area contributed by atoms with Crippen LogP contribution >= 0.6 is 0 Å². The second-order valence-corrected chi connectivity index (χ2v) is 6.44. The quantitative estimate of drug-likeness (QED) is 0.769. The van der Waals surface area contributed by atoms with Crippen molar-refractivity contribution >= 4 is 10.9 Å². The van der Waals surface area contributed by atoms with Crippen molar-refractivity contribution in [2.24, 2.45) is 5.92 Å². The van der Waals surface area contributed by atoms with E-state index in [4.69, 9.17) is 0 Å². The predicted octanol–water partition coefficient (Wildman–Crippen LogP) is 4.52. The molecule has 1 aliphatic heterocycles. The van der Waals surface area contributed by atoms with Gasteiger partial charge in [0.2, 0.25) is 0 Å². The van der Waals surface area contributed by atoms with Crippen LogP contribution in [0.4, 0.5) is 0 Å². The van der Waals surface area contributed by atoms with Crippen LogP contribution in [0.25, 0.3) is 10.9 Å². The van der Waals surface area contributed by atoms with Crippen LogP contribution in [0.2, 0.25) is 0 Å². The molecule has 0 aliphatic carbocycles. The maximum Gasteiger partial charge on any atom is 0.0733 e. The lowest BCUT2D eigenvalue weighted by atomic mass is 9.82. The highest BCUT2D eigenvalue weighted by atomic mass is 14.9. The Morgan fingerprint density at radius 1 is 0.957 bits per heavy atom. The summed E-state index contributed by atoms with van der Waals surface area (Å²) in [7, 11) is 0. The van der Waals surface area contributed by atoms with E-state index >= 15 is 0 Å². The van der Waals surface area contributed by atoms with Crippen molar-refractivity contribution in [3.63, 3.8) is 0 Å². The van der Waals surface area contributed by atoms with E-state index in [0.29, 0.717) is 12.0 Å². The summed E-state index contributed by atoms with van der Waals surface area (Å²) in [6, 6.07) is 22.0. The van der Waals surface area contributed by atoms with Crippen molar-refractivity contribution < 1.29 is 0 Å². The van der Waals surface area contributed by atoms with Gasteiger partial charge in [0.1, 0.15) is 0 Å². The average molecular weight is 302 g/mol. The van der Waals surface area contributed by atoms with Crippen LogP contribution in [0.5, 0.6) is 0 Å². The minimum Gasteiger partial charge on any atom is -0.310 e. The number of aromatic nitrogens is 1. The Kier molecular flexibility index (Phi) is 4.08. The average Bonchev–Trinajstić information content (AvgIpc) is 2.63. The highest BCUT2D eigenvalue weighted by molar-refractivity contribution is 5.81. The van der Waals surface area contributed by atoms with Gasteiger partial charge >= 0.3 is 0 Å². The fourth-order valence-electron chi connectivity index (χ4n) is 3.84. The van der Waals surface area contributed by atoms with Gasteiger partial charge in [-0.2, -0.15) is 0 Å². The van der Waals surface area contributed by atoms with Gasteiger partial charge in [0.15, 0.2) is 0 Å². The fraction of sp³-hybridized carbons (Fsp3) is 0.286. The van der Waals surface area contributed by atoms with Crippen molar-refractivity contribution in [1.29, 1.82) is 0 Å². The molecule has 116 valence electrons. The maximum atomic E-state index is 4.62. The minimum atomic E-state index is 0.448. The van der Waals surface area contributed by atoms with Crippen molar-refractivity contribution in [3.05, 3.63) is 78.0 Å². The highest BCUT2D eigenvalue weighted by Gasteiger charge is 2.26. The normalized spacial score (nSPS) is 21.4. The van der Waals surface area contributed by atoms with Crippen LogP contribution in [0.15, 0.2) is 66.9 Å². The Labute approximate surface area is 137 Å². The molecule has 0 saturated carbocycles. The van der Waals surface area contributed by atoms with Gasteiger partial charge < -0.3 is 5.32 Å². The van der Waals surface area contributed by atoms with Crippen molar-refractivity contribution in [2.75, 3.05) is 6.54 Å². The van der Waals surface area contributed by atoms with E-state index in [1.54, 1.807) is 0 Å². The second kappa shape index (κ2) is 6.51. The van der Waals surface area contributed by atoms with E-state index in [2.05, 4.69) is 64.9 Å². The largest absolute Gasteiger partial charge is 0.310 e. The SMILES string of the molecule is c1ccc([C@H]2NCCC[C@H]2Cc2cccc3cccnc23)cc1. The predicted molar refractivity (Wildman–Crippen MR) is 95.4 cm³/mol. The summed E-state index contributed by atoms with van der Waals surface area (Å²) in [5, 5.41) is 4.97. The molecule has 23 heavy (non-hydrogen) atoms. The Morgan fingerprint density at radius 2 is 1.83 bits per heavy atom. The van der Waals surface area contributed by atoms with Crippen LogP contribution in [-0.2, 0) is 6.42 Å². The van der Waals surface area contributed by atoms with Gasteiger partial charge in [-0.05, 0) is 48.9 Å². The van der Waals surface area contributed by atoms with E-state index in [-0.39, 0.29) is 0 Å². The van der Waals surface area contributed by atoms with Crippen LogP contribution < -0.4 is 5.32 Å². The van der Waals surface area contributed by atoms with Crippen LogP contribution in [0.3, 0.4) is 0 Å². The number of benzene rings is 2. The summed E-state index contributed by atoms with van der Waals surface area (Å²) < 4.78 is 0. The molecular weight excluding hydrogens is 280 g/mol. The monoisotopic (exact) mass is 302 g/mol. The number of nitrogens with one attached hydrogen (secondary N) is 1. The molecule has 0 radical (unpaired) electrons. The second-order valence-electron chi connectivity index (χ2n) is 6.44. The number of fused-ring (bicyclic) bond motifs is 1. The molecule has 2 heterocycles. The van der Waals surface area contributed by atoms with E-state index in [1.807, 2.05) is 12.3 Å². The van der Waals surface area contributed by atoms with Gasteiger partial charge in [-0.3, -0.25) is 4.98 Å². The summed E-state index contributed by atoms with van der Waals surface area (Å²) >= 11 is 0. The zero-order valence-electron chi connectivity index (χ0n) is 13.3. The number of piperidine rings is 1. The van der Waals surface area contributed by atoms with Gasteiger partial charge in [-0.25, -0.2) is 0 Å². The van der Waals surface area contributed by atoms with Crippen molar-refractivity contribution in [3.8, 4) is 0 Å². The van der Waals surface area contributed by atoms with Gasteiger partial charge in [-0.15, -0.1) is 0 Å². The van der Waals surface area contributed by atoms with E-state index in [0.717, 1.165) is 18.5 Å². The highest BCUT2D eigenvalue weighted by Crippen LogP contribution is 2.33. The number of rotatable bonds is 3. The maximum absolute atomic E-state index is 4.62. The number of hydrogen-bond acceptors (Lipinski definition) is 2. The molecule has 1 aliphatic rings. The minimum absolute atomic E-state index is 0.448. The lowest BCUT2D eigenvalue weighted by Crippen LogP contribution is -2.35. The van der Waals surface area contributed by atoms with Crippen molar-refractivity contribution in [1.82, 2.24) is 10.3 Å². The molecule has 0 amide bonds. The molecule has 2 nitrogen and oxygen atoms in total. The molecule has 0 bridgehead atoms. The molecule has 1 saturated heterocycles. The lowest BCUT2D eigenvalue weighted by molar-refractivity contribution is 0.283. The zero-order chi connectivity index (χ0) is 15.5. The molecule has 1 aromatic heterocycles. The first-order valence-corrected chi connectivity index (χ1v) is 8.53. The summed E-state index contributed by atoms with van der Waals surface area (Å²) in [5.74, 6) is 0.624. The first-order valence-electron chi connectivity index (χ1n) is 8.53. The molecule has 2 aromatic carbocycles. The van der Waals surface area contributed by atoms with Gasteiger partial charge in [0.25, 0.3) is 0 Å². The third-order valence-electron chi connectivity index (χ3n) is 4.94. The number of nitrogens with zero attached hydrogens (tertiary/aromatic N) is 1. The lowest BCUT2D eigenvalue weighted by Gasteiger charge is -2.33. The molecule has 1 N–H and O–H groups in total. The molecule has 2 atom stereocenters. The first-order chi connectivity index (χ1) is 11.4. The molecular formula is C21H22N2. The third-order valence-corrected chi connectivity index (χ3v) is 4.94. The molecule has 1 fully saturated rings. The first kappa shape index (κ1) is 14.4. The van der Waals surface area contributed by atoms with Gasteiger partial charge in [-0.1, -0.05) is 54.6 Å². The van der Waals surface area contributed by atoms with Gasteiger partial charge in [0.05, 0.1) is 5.52 Å². The number of pyridine rings is 1. The number of hydrogen-bond donors (Lipinski definition) is 1. The Bertz CT molecular complexity index is 777. The van der Waals surface area contributed by atoms with E-state index in [9.17, 15) is 0 Å². The standard InChI is InChI=1S/C21H22N2/c1-2-7-16(8-3-1)20-19(12-6-14-23-20)15-18-10-4-9-17-11-5-13-22-21(17)18/h1-5,7-11,13,19-20,23H,6,12,14-15H2/t19-,20+/m0/s1. The van der Waals surface area contributed by atoms with E-state index < -0.39 is 0 Å². The van der Waals surface area contributed by atoms with Crippen LogP contribution in [-0.4, -0.2) is 11.5 Å². The topological polar surface area (TPSA) is 24.9 Å². The summed E-state index contributed by atoms with van der Waals surface area (Å²) in [4.78, 5) is 4.62. The van der Waals surface area contributed by atoms with E-state index in [1.165, 1.54) is 29.4 Å². The summed E-state index contributed by atoms with van der Waals surface area (Å²) in [6.07, 6.45) is 5.52. The molecule has 2 heteroatoms. The summed E-state index contributed by atoms with van der Waals surface area (Å²) in [5.41, 5.74) is 3.94. The molecule has 0 unspecified atom stereocenters. The van der Waals surface area contributed by atoms with Crippen molar-refractivity contribution in [2.45, 2.75) is 25.3 Å². The van der Waals surface area contributed by atoms with Crippen LogP contribution in [0, 0.1) is 5.92 Å². The molecule has 0 spiro atoms. The Morgan fingerprint density at radius 3 is 2.74 bits per heavy atom. The third kappa shape index (κ3) is 2.99. The molecule has 4 rings (SSSR count). The van der Waals surface area contributed by atoms with Crippen LogP contribution in [0.1, 0.15) is 30.0 Å². The smallest absolute Gasteiger partial charge is 0.0733 e.